The fourth-order valence-electron chi connectivity index (χ4n) is 2.20. The third-order valence-electron chi connectivity index (χ3n) is 3.23. The average Bonchev–Trinajstić information content (AvgIpc) is 2.80. The van der Waals surface area contributed by atoms with E-state index in [9.17, 15) is 9.90 Å². The summed E-state index contributed by atoms with van der Waals surface area (Å²) in [5, 5.41) is 9.69. The maximum atomic E-state index is 11.9. The van der Waals surface area contributed by atoms with E-state index in [1.165, 1.54) is 7.11 Å². The van der Waals surface area contributed by atoms with Gasteiger partial charge in [0.05, 0.1) is 12.7 Å². The molecule has 1 aliphatic rings. The standard InChI is InChI=1S/C15H20O6/c1-10(16)12-13(20-9-18-2)14(15(17)21-12)19-8-11-6-4-3-5-7-11/h3-7,10,12-14,16H,8-9H2,1-2H3/t10-,12-,13+,14+/m0/s1. The molecule has 4 atom stereocenters. The molecule has 0 saturated carbocycles. The lowest BCUT2D eigenvalue weighted by Crippen LogP contribution is -2.41. The summed E-state index contributed by atoms with van der Waals surface area (Å²) in [4.78, 5) is 11.9. The molecule has 6 nitrogen and oxygen atoms in total. The van der Waals surface area contributed by atoms with Crippen molar-refractivity contribution in [3.63, 3.8) is 0 Å². The first-order valence-electron chi connectivity index (χ1n) is 6.78. The topological polar surface area (TPSA) is 74.2 Å². The summed E-state index contributed by atoms with van der Waals surface area (Å²) < 4.78 is 21.1. The van der Waals surface area contributed by atoms with Gasteiger partial charge >= 0.3 is 5.97 Å². The summed E-state index contributed by atoms with van der Waals surface area (Å²) in [5.41, 5.74) is 0.941. The Hall–Kier alpha value is -1.47. The van der Waals surface area contributed by atoms with Gasteiger partial charge in [0.2, 0.25) is 0 Å². The minimum Gasteiger partial charge on any atom is -0.455 e. The number of carbonyl (C=O) groups excluding carboxylic acids is 1. The molecule has 1 heterocycles. The van der Waals surface area contributed by atoms with Crippen LogP contribution in [0.1, 0.15) is 12.5 Å². The zero-order chi connectivity index (χ0) is 15.2. The first-order valence-corrected chi connectivity index (χ1v) is 6.78. The van der Waals surface area contributed by atoms with Crippen LogP contribution in [0.3, 0.4) is 0 Å². The lowest BCUT2D eigenvalue weighted by atomic mass is 10.1. The fraction of sp³-hybridized carbons (Fsp3) is 0.533. The van der Waals surface area contributed by atoms with Gasteiger partial charge in [-0.2, -0.15) is 0 Å². The molecule has 0 radical (unpaired) electrons. The number of aliphatic hydroxyl groups excluding tert-OH is 1. The van der Waals surface area contributed by atoms with Crippen LogP contribution in [0.2, 0.25) is 0 Å². The molecule has 1 aliphatic heterocycles. The minimum absolute atomic E-state index is 0.00424. The molecule has 1 aromatic carbocycles. The highest BCUT2D eigenvalue weighted by Crippen LogP contribution is 2.25. The molecule has 6 heteroatoms. The highest BCUT2D eigenvalue weighted by atomic mass is 16.7. The van der Waals surface area contributed by atoms with Crippen LogP contribution < -0.4 is 0 Å². The van der Waals surface area contributed by atoms with Crippen molar-refractivity contribution in [1.82, 2.24) is 0 Å². The Labute approximate surface area is 123 Å². The Bertz CT molecular complexity index is 447. The molecule has 2 rings (SSSR count). The van der Waals surface area contributed by atoms with Gasteiger partial charge in [0.1, 0.15) is 12.9 Å². The predicted molar refractivity (Wildman–Crippen MR) is 73.3 cm³/mol. The first-order chi connectivity index (χ1) is 10.1. The molecule has 0 unspecified atom stereocenters. The van der Waals surface area contributed by atoms with Crippen LogP contribution in [0.25, 0.3) is 0 Å². The van der Waals surface area contributed by atoms with E-state index in [2.05, 4.69) is 0 Å². The van der Waals surface area contributed by atoms with Crippen LogP contribution in [0.5, 0.6) is 0 Å². The molecule has 21 heavy (non-hydrogen) atoms. The van der Waals surface area contributed by atoms with Crippen molar-refractivity contribution < 1.29 is 28.8 Å². The molecular formula is C15H20O6. The van der Waals surface area contributed by atoms with Crippen molar-refractivity contribution >= 4 is 5.97 Å². The molecule has 0 spiro atoms. The van der Waals surface area contributed by atoms with Gasteiger partial charge in [0.25, 0.3) is 0 Å². The Morgan fingerprint density at radius 3 is 2.62 bits per heavy atom. The van der Waals surface area contributed by atoms with Crippen molar-refractivity contribution in [2.24, 2.45) is 0 Å². The number of methoxy groups -OCH3 is 1. The molecule has 116 valence electrons. The maximum absolute atomic E-state index is 11.9. The highest BCUT2D eigenvalue weighted by molar-refractivity contribution is 5.78. The normalized spacial score (nSPS) is 26.6. The summed E-state index contributed by atoms with van der Waals surface area (Å²) in [6.07, 6.45) is -3.17. The van der Waals surface area contributed by atoms with Gasteiger partial charge in [-0.05, 0) is 12.5 Å². The van der Waals surface area contributed by atoms with E-state index < -0.39 is 30.4 Å². The van der Waals surface area contributed by atoms with E-state index in [-0.39, 0.29) is 13.4 Å². The highest BCUT2D eigenvalue weighted by Gasteiger charge is 2.48. The zero-order valence-electron chi connectivity index (χ0n) is 12.1. The lowest BCUT2D eigenvalue weighted by molar-refractivity contribution is -0.152. The van der Waals surface area contributed by atoms with E-state index in [1.54, 1.807) is 6.92 Å². The van der Waals surface area contributed by atoms with Gasteiger partial charge in [-0.15, -0.1) is 0 Å². The van der Waals surface area contributed by atoms with Crippen LogP contribution in [0, 0.1) is 0 Å². The Morgan fingerprint density at radius 1 is 1.29 bits per heavy atom. The predicted octanol–water partition coefficient (Wildman–Crippen LogP) is 0.867. The Morgan fingerprint density at radius 2 is 2.00 bits per heavy atom. The Balaban J connectivity index is 2.02. The number of ether oxygens (including phenoxy) is 4. The minimum atomic E-state index is -0.875. The van der Waals surface area contributed by atoms with Gasteiger partial charge in [-0.1, -0.05) is 30.3 Å². The van der Waals surface area contributed by atoms with Gasteiger partial charge in [0.15, 0.2) is 12.2 Å². The maximum Gasteiger partial charge on any atom is 0.338 e. The third-order valence-corrected chi connectivity index (χ3v) is 3.23. The van der Waals surface area contributed by atoms with E-state index in [0.717, 1.165) is 5.56 Å². The van der Waals surface area contributed by atoms with E-state index in [1.807, 2.05) is 30.3 Å². The molecule has 1 saturated heterocycles. The zero-order valence-corrected chi connectivity index (χ0v) is 12.1. The average molecular weight is 296 g/mol. The summed E-state index contributed by atoms with van der Waals surface area (Å²) in [7, 11) is 1.48. The number of hydrogen-bond acceptors (Lipinski definition) is 6. The molecule has 1 N–H and O–H groups in total. The molecule has 0 aliphatic carbocycles. The molecule has 0 amide bonds. The molecule has 1 aromatic rings. The number of benzene rings is 1. The van der Waals surface area contributed by atoms with Crippen molar-refractivity contribution in [1.29, 1.82) is 0 Å². The van der Waals surface area contributed by atoms with Crippen LogP contribution in [0.4, 0.5) is 0 Å². The molecular weight excluding hydrogens is 276 g/mol. The van der Waals surface area contributed by atoms with E-state index in [4.69, 9.17) is 18.9 Å². The lowest BCUT2D eigenvalue weighted by Gasteiger charge is -2.22. The first kappa shape index (κ1) is 15.9. The number of aliphatic hydroxyl groups is 1. The number of cyclic esters (lactones) is 1. The summed E-state index contributed by atoms with van der Waals surface area (Å²) in [6, 6.07) is 9.49. The second-order valence-electron chi connectivity index (χ2n) is 4.90. The van der Waals surface area contributed by atoms with Crippen molar-refractivity contribution in [2.75, 3.05) is 13.9 Å². The van der Waals surface area contributed by atoms with Crippen LogP contribution in [-0.2, 0) is 30.3 Å². The fourth-order valence-corrected chi connectivity index (χ4v) is 2.20. The van der Waals surface area contributed by atoms with Crippen molar-refractivity contribution in [2.45, 2.75) is 37.9 Å². The van der Waals surface area contributed by atoms with Gasteiger partial charge in [0, 0.05) is 7.11 Å². The number of carbonyl (C=O) groups is 1. The third kappa shape index (κ3) is 4.01. The molecule has 0 bridgehead atoms. The van der Waals surface area contributed by atoms with E-state index >= 15 is 0 Å². The molecule has 1 fully saturated rings. The van der Waals surface area contributed by atoms with Gasteiger partial charge < -0.3 is 24.1 Å². The van der Waals surface area contributed by atoms with Crippen molar-refractivity contribution in [3.05, 3.63) is 35.9 Å². The van der Waals surface area contributed by atoms with Crippen molar-refractivity contribution in [3.8, 4) is 0 Å². The summed E-state index contributed by atoms with van der Waals surface area (Å²) in [6.45, 7) is 1.80. The van der Waals surface area contributed by atoms with E-state index in [0.29, 0.717) is 0 Å². The quantitative estimate of drug-likeness (QED) is 0.594. The van der Waals surface area contributed by atoms with Crippen LogP contribution in [-0.4, -0.2) is 49.4 Å². The summed E-state index contributed by atoms with van der Waals surface area (Å²) in [5.74, 6) is -0.530. The van der Waals surface area contributed by atoms with Gasteiger partial charge in [-0.3, -0.25) is 0 Å². The monoisotopic (exact) mass is 296 g/mol. The second-order valence-corrected chi connectivity index (χ2v) is 4.90. The Kier molecular flexibility index (Phi) is 5.69. The number of esters is 1. The largest absolute Gasteiger partial charge is 0.455 e. The SMILES string of the molecule is COCO[C@@H]1[C@H]([C@H](C)O)OC(=O)[C@@H]1OCc1ccccc1. The second kappa shape index (κ2) is 7.51. The number of hydrogen-bond donors (Lipinski definition) is 1. The molecule has 0 aromatic heterocycles. The van der Waals surface area contributed by atoms with Crippen LogP contribution >= 0.6 is 0 Å². The van der Waals surface area contributed by atoms with Gasteiger partial charge in [-0.25, -0.2) is 4.79 Å². The number of rotatable bonds is 7. The van der Waals surface area contributed by atoms with Crippen LogP contribution in [0.15, 0.2) is 30.3 Å². The summed E-state index contributed by atoms with van der Waals surface area (Å²) >= 11 is 0. The smallest absolute Gasteiger partial charge is 0.338 e.